The zero-order valence-corrected chi connectivity index (χ0v) is 5.41. The second kappa shape index (κ2) is 2.17. The number of nitrogens with zero attached hydrogens (tertiary/aromatic N) is 3. The van der Waals surface area contributed by atoms with Crippen LogP contribution in [0, 0.1) is 6.33 Å². The minimum Gasteiger partial charge on any atom is -0.292 e. The normalized spacial score (nSPS) is 14.8. The van der Waals surface area contributed by atoms with E-state index in [0.717, 1.165) is 24.2 Å². The summed E-state index contributed by atoms with van der Waals surface area (Å²) in [6.07, 6.45) is 7.03. The number of fused-ring (bicyclic) bond motifs is 1. The molecular formula is C7H6N3. The van der Waals surface area contributed by atoms with Gasteiger partial charge >= 0.3 is 0 Å². The molecule has 10 heavy (non-hydrogen) atoms. The summed E-state index contributed by atoms with van der Waals surface area (Å²) in [5.41, 5.74) is 2.09. The van der Waals surface area contributed by atoms with Gasteiger partial charge in [0.15, 0.2) is 6.33 Å². The summed E-state index contributed by atoms with van der Waals surface area (Å²) in [7, 11) is 0. The molecule has 0 bridgehead atoms. The van der Waals surface area contributed by atoms with Gasteiger partial charge in [0.05, 0.1) is 5.69 Å². The van der Waals surface area contributed by atoms with E-state index in [4.69, 9.17) is 0 Å². The van der Waals surface area contributed by atoms with Gasteiger partial charge in [0.1, 0.15) is 0 Å². The highest BCUT2D eigenvalue weighted by atomic mass is 14.8. The van der Waals surface area contributed by atoms with Gasteiger partial charge in [-0.25, -0.2) is 9.97 Å². The van der Waals surface area contributed by atoms with Crippen molar-refractivity contribution in [3.8, 4) is 0 Å². The molecule has 2 rings (SSSR count). The lowest BCUT2D eigenvalue weighted by molar-refractivity contribution is 0.887. The topological polar surface area (TPSA) is 38.1 Å². The molecule has 0 aromatic carbocycles. The smallest absolute Gasteiger partial charge is 0.197 e. The fourth-order valence-electron chi connectivity index (χ4n) is 0.968. The van der Waals surface area contributed by atoms with Crippen LogP contribution in [0.25, 0.3) is 0 Å². The number of aromatic nitrogens is 2. The number of hydrogen-bond donors (Lipinski definition) is 0. The first-order chi connectivity index (χ1) is 4.97. The Morgan fingerprint density at radius 2 is 2.50 bits per heavy atom. The van der Waals surface area contributed by atoms with Gasteiger partial charge in [-0.3, -0.25) is 4.99 Å². The van der Waals surface area contributed by atoms with E-state index >= 15 is 0 Å². The summed E-state index contributed by atoms with van der Waals surface area (Å²) < 4.78 is 0. The molecule has 0 saturated heterocycles. The lowest BCUT2D eigenvalue weighted by atomic mass is 10.1. The maximum atomic E-state index is 4.10. The third-order valence-corrected chi connectivity index (χ3v) is 1.49. The molecule has 1 radical (unpaired) electrons. The summed E-state index contributed by atoms with van der Waals surface area (Å²) in [5.74, 6) is 0. The highest BCUT2D eigenvalue weighted by molar-refractivity contribution is 5.81. The lowest BCUT2D eigenvalue weighted by Crippen LogP contribution is -2.05. The first-order valence-electron chi connectivity index (χ1n) is 3.18. The van der Waals surface area contributed by atoms with Crippen LogP contribution in [0.3, 0.4) is 0 Å². The monoisotopic (exact) mass is 132 g/mol. The lowest BCUT2D eigenvalue weighted by Gasteiger charge is -2.04. The van der Waals surface area contributed by atoms with Crippen molar-refractivity contribution in [2.24, 2.45) is 4.99 Å². The first kappa shape index (κ1) is 5.53. The van der Waals surface area contributed by atoms with Crippen LogP contribution in [0.4, 0.5) is 0 Å². The Hall–Kier alpha value is -1.25. The van der Waals surface area contributed by atoms with Crippen molar-refractivity contribution < 1.29 is 0 Å². The predicted octanol–water partition coefficient (Wildman–Crippen LogP) is 0.252. The van der Waals surface area contributed by atoms with Gasteiger partial charge in [0.25, 0.3) is 0 Å². The van der Waals surface area contributed by atoms with Crippen molar-refractivity contribution in [3.05, 3.63) is 23.8 Å². The van der Waals surface area contributed by atoms with Crippen molar-refractivity contribution in [2.75, 3.05) is 6.54 Å². The first-order valence-corrected chi connectivity index (χ1v) is 3.18. The van der Waals surface area contributed by atoms with Crippen LogP contribution < -0.4 is 0 Å². The van der Waals surface area contributed by atoms with Crippen LogP contribution in [0.1, 0.15) is 11.3 Å². The Labute approximate surface area is 58.9 Å². The molecule has 0 aliphatic carbocycles. The fraction of sp³-hybridized carbons (Fsp3) is 0.286. The summed E-state index contributed by atoms with van der Waals surface area (Å²) in [4.78, 5) is 11.9. The van der Waals surface area contributed by atoms with E-state index in [1.807, 2.05) is 6.21 Å². The minimum atomic E-state index is 0.845. The Bertz CT molecular complexity index is 267. The molecule has 0 unspecified atom stereocenters. The van der Waals surface area contributed by atoms with E-state index in [2.05, 4.69) is 21.3 Å². The van der Waals surface area contributed by atoms with Gasteiger partial charge in [0, 0.05) is 30.9 Å². The molecule has 0 saturated carbocycles. The molecule has 0 atom stereocenters. The zero-order valence-electron chi connectivity index (χ0n) is 5.41. The van der Waals surface area contributed by atoms with Gasteiger partial charge in [-0.05, 0) is 0 Å². The summed E-state index contributed by atoms with van der Waals surface area (Å²) in [6.45, 7) is 0.845. The van der Waals surface area contributed by atoms with Crippen molar-refractivity contribution in [2.45, 2.75) is 6.42 Å². The molecular weight excluding hydrogens is 126 g/mol. The van der Waals surface area contributed by atoms with Crippen LogP contribution in [0.15, 0.2) is 11.2 Å². The minimum absolute atomic E-state index is 0.845. The van der Waals surface area contributed by atoms with Crippen molar-refractivity contribution >= 4 is 6.21 Å². The van der Waals surface area contributed by atoms with E-state index in [0.29, 0.717) is 0 Å². The third kappa shape index (κ3) is 0.795. The second-order valence-corrected chi connectivity index (χ2v) is 2.16. The Kier molecular flexibility index (Phi) is 1.20. The zero-order chi connectivity index (χ0) is 6.81. The van der Waals surface area contributed by atoms with E-state index in [1.54, 1.807) is 6.20 Å². The molecule has 1 aliphatic heterocycles. The van der Waals surface area contributed by atoms with Crippen LogP contribution in [-0.2, 0) is 6.42 Å². The van der Waals surface area contributed by atoms with Gasteiger partial charge in [-0.1, -0.05) is 0 Å². The van der Waals surface area contributed by atoms with Crippen molar-refractivity contribution in [1.82, 2.24) is 9.97 Å². The molecule has 0 fully saturated rings. The predicted molar refractivity (Wildman–Crippen MR) is 37.0 cm³/mol. The Morgan fingerprint density at radius 1 is 1.50 bits per heavy atom. The van der Waals surface area contributed by atoms with Crippen molar-refractivity contribution in [3.63, 3.8) is 0 Å². The van der Waals surface area contributed by atoms with Crippen LogP contribution in [0.5, 0.6) is 0 Å². The van der Waals surface area contributed by atoms with E-state index in [1.165, 1.54) is 0 Å². The van der Waals surface area contributed by atoms with Gasteiger partial charge in [-0.15, -0.1) is 0 Å². The molecule has 1 aliphatic rings. The summed E-state index contributed by atoms with van der Waals surface area (Å²) in [5, 5.41) is 0. The molecule has 3 nitrogen and oxygen atoms in total. The van der Waals surface area contributed by atoms with E-state index in [9.17, 15) is 0 Å². The Morgan fingerprint density at radius 3 is 3.40 bits per heavy atom. The highest BCUT2D eigenvalue weighted by Crippen LogP contribution is 2.05. The quantitative estimate of drug-likeness (QED) is 0.507. The SMILES string of the molecule is [c]1ncc2c(n1)CCN=C2. The van der Waals surface area contributed by atoms with Crippen LogP contribution in [0.2, 0.25) is 0 Å². The average molecular weight is 132 g/mol. The average Bonchev–Trinajstić information content (AvgIpc) is 2.05. The molecule has 2 heterocycles. The number of aliphatic imine (C=N–C) groups is 1. The molecule has 0 amide bonds. The van der Waals surface area contributed by atoms with Crippen molar-refractivity contribution in [1.29, 1.82) is 0 Å². The maximum absolute atomic E-state index is 4.10. The summed E-state index contributed by atoms with van der Waals surface area (Å²) >= 11 is 0. The van der Waals surface area contributed by atoms with E-state index < -0.39 is 0 Å². The fourth-order valence-corrected chi connectivity index (χ4v) is 0.968. The molecule has 0 N–H and O–H groups in total. The standard InChI is InChI=1S/C7H6N3/c1-2-8-3-6-4-9-5-10-7(1)6/h3-4H,1-2H2. The summed E-state index contributed by atoms with van der Waals surface area (Å²) in [6, 6.07) is 0. The molecule has 1 aromatic heterocycles. The third-order valence-electron chi connectivity index (χ3n) is 1.49. The molecule has 49 valence electrons. The largest absolute Gasteiger partial charge is 0.292 e. The second-order valence-electron chi connectivity index (χ2n) is 2.16. The van der Waals surface area contributed by atoms with Gasteiger partial charge < -0.3 is 0 Å². The Balaban J connectivity index is 2.54. The van der Waals surface area contributed by atoms with Crippen LogP contribution in [-0.4, -0.2) is 22.7 Å². The number of hydrogen-bond acceptors (Lipinski definition) is 3. The van der Waals surface area contributed by atoms with Gasteiger partial charge in [0.2, 0.25) is 0 Å². The molecule has 1 aromatic rings. The molecule has 3 heteroatoms. The number of rotatable bonds is 0. The maximum Gasteiger partial charge on any atom is 0.197 e. The van der Waals surface area contributed by atoms with Gasteiger partial charge in [-0.2, -0.15) is 0 Å². The molecule has 0 spiro atoms. The highest BCUT2D eigenvalue weighted by Gasteiger charge is 2.04. The van der Waals surface area contributed by atoms with Crippen LogP contribution >= 0.6 is 0 Å². The van der Waals surface area contributed by atoms with E-state index in [-0.39, 0.29) is 0 Å².